The van der Waals surface area contributed by atoms with Gasteiger partial charge in [0.05, 0.1) is 34.4 Å². The zero-order valence-electron chi connectivity index (χ0n) is 45.3. The summed E-state index contributed by atoms with van der Waals surface area (Å²) in [5.74, 6) is -0.332. The average Bonchev–Trinajstić information content (AvgIpc) is 3.30. The topological polar surface area (TPSA) is 94.1 Å². The van der Waals surface area contributed by atoms with Crippen molar-refractivity contribution in [1.29, 1.82) is 0 Å². The Morgan fingerprint density at radius 2 is 0.853 bits per heavy atom. The number of hydrogen-bond acceptors (Lipinski definition) is 7. The number of carbonyl (C=O) groups is 1. The molecule has 0 aromatic heterocycles. The van der Waals surface area contributed by atoms with Crippen molar-refractivity contribution in [1.82, 2.24) is 0 Å². The number of ether oxygens (including phenoxy) is 2. The number of phosphoric acid groups is 1. The number of phosphoric ester groups is 1. The van der Waals surface area contributed by atoms with E-state index in [9.17, 15) is 14.3 Å². The fourth-order valence-corrected chi connectivity index (χ4v) is 8.72. The SMILES string of the molecule is CC/C=C\C/C=C\C/C=C\C/C=C\C/C=C\CCCCCCCCCCCCOCC(COP(=O)([O-])OCC[N+](C)(C)C)OC(=O)CCCCCCCCCCCCCCCCCCCCCC. The number of unbranched alkanes of at least 4 members (excludes halogenated alkanes) is 29. The van der Waals surface area contributed by atoms with Gasteiger partial charge in [0.25, 0.3) is 7.82 Å². The highest BCUT2D eigenvalue weighted by Gasteiger charge is 2.20. The van der Waals surface area contributed by atoms with Crippen LogP contribution >= 0.6 is 7.82 Å². The van der Waals surface area contributed by atoms with E-state index in [1.54, 1.807) is 0 Å². The maximum Gasteiger partial charge on any atom is 0.306 e. The number of hydrogen-bond donors (Lipinski definition) is 0. The predicted octanol–water partition coefficient (Wildman–Crippen LogP) is 17.4. The maximum atomic E-state index is 12.8. The van der Waals surface area contributed by atoms with E-state index in [1.807, 2.05) is 21.1 Å². The van der Waals surface area contributed by atoms with Gasteiger partial charge in [0.1, 0.15) is 19.3 Å². The third-order valence-electron chi connectivity index (χ3n) is 12.3. The molecule has 0 saturated carbocycles. The van der Waals surface area contributed by atoms with Crippen LogP contribution in [0.15, 0.2) is 60.8 Å². The fraction of sp³-hybridized carbons (Fsp3) is 0.814. The third kappa shape index (κ3) is 55.1. The van der Waals surface area contributed by atoms with Gasteiger partial charge >= 0.3 is 5.97 Å². The van der Waals surface area contributed by atoms with Crippen molar-refractivity contribution in [2.75, 3.05) is 54.1 Å². The van der Waals surface area contributed by atoms with Gasteiger partial charge < -0.3 is 27.9 Å². The van der Waals surface area contributed by atoms with E-state index in [2.05, 4.69) is 74.6 Å². The minimum absolute atomic E-state index is 0.0249. The lowest BCUT2D eigenvalue weighted by Gasteiger charge is -2.28. The summed E-state index contributed by atoms with van der Waals surface area (Å²) in [4.78, 5) is 25.3. The first-order chi connectivity index (χ1) is 33.1. The minimum Gasteiger partial charge on any atom is -0.756 e. The quantitative estimate of drug-likeness (QED) is 0.0197. The summed E-state index contributed by atoms with van der Waals surface area (Å²) in [6.07, 6.45) is 66.8. The highest BCUT2D eigenvalue weighted by atomic mass is 31.2. The van der Waals surface area contributed by atoms with Crippen LogP contribution in [-0.2, 0) is 27.9 Å². The van der Waals surface area contributed by atoms with Gasteiger partial charge in [0, 0.05) is 13.0 Å². The zero-order chi connectivity index (χ0) is 49.8. The third-order valence-corrected chi connectivity index (χ3v) is 13.3. The summed E-state index contributed by atoms with van der Waals surface area (Å²) < 4.78 is 34.9. The molecule has 68 heavy (non-hydrogen) atoms. The van der Waals surface area contributed by atoms with Crippen LogP contribution in [0.4, 0.5) is 0 Å². The molecule has 2 unspecified atom stereocenters. The lowest BCUT2D eigenvalue weighted by Crippen LogP contribution is -2.37. The molecule has 0 amide bonds. The first-order valence-electron chi connectivity index (χ1n) is 28.5. The molecule has 0 aliphatic rings. The molecule has 0 saturated heterocycles. The van der Waals surface area contributed by atoms with Gasteiger partial charge in [-0.1, -0.05) is 248 Å². The van der Waals surface area contributed by atoms with Crippen LogP contribution in [0.2, 0.25) is 0 Å². The van der Waals surface area contributed by atoms with Gasteiger partial charge in [0.2, 0.25) is 0 Å². The largest absolute Gasteiger partial charge is 0.756 e. The van der Waals surface area contributed by atoms with E-state index in [0.717, 1.165) is 64.2 Å². The van der Waals surface area contributed by atoms with Gasteiger partial charge in [-0.15, -0.1) is 0 Å². The van der Waals surface area contributed by atoms with E-state index in [0.29, 0.717) is 24.1 Å². The Morgan fingerprint density at radius 1 is 0.471 bits per heavy atom. The van der Waals surface area contributed by atoms with Gasteiger partial charge in [-0.2, -0.15) is 0 Å². The number of likely N-dealkylation sites (N-methyl/N-ethyl adjacent to an activating group) is 1. The molecule has 0 fully saturated rings. The molecule has 0 aliphatic carbocycles. The standard InChI is InChI=1S/C59H110NO7P/c1-6-8-10-12-14-16-18-20-22-24-26-28-29-30-31-32-33-35-37-39-41-43-45-47-49-51-54-64-56-58(57-66-68(62,63)65-55-53-60(3,4)5)67-59(61)52-50-48-46-44-42-40-38-36-34-27-25-23-21-19-17-15-13-11-9-7-2/h8,10,14,16,20,22,26,28,30-31,58H,6-7,9,11-13,15,17-19,21,23-25,27,29,32-57H2,1-5H3/b10-8-,16-14-,22-20-,28-26-,31-30-. The molecule has 8 nitrogen and oxygen atoms in total. The van der Waals surface area contributed by atoms with Crippen LogP contribution in [0, 0.1) is 0 Å². The average molecular weight is 977 g/mol. The minimum atomic E-state index is -4.54. The molecule has 9 heteroatoms. The van der Waals surface area contributed by atoms with Crippen LogP contribution in [0.1, 0.15) is 251 Å². The highest BCUT2D eigenvalue weighted by Crippen LogP contribution is 2.38. The number of esters is 1. The maximum absolute atomic E-state index is 12.8. The highest BCUT2D eigenvalue weighted by molar-refractivity contribution is 7.45. The second-order valence-corrected chi connectivity index (χ2v) is 21.7. The Morgan fingerprint density at radius 3 is 1.28 bits per heavy atom. The van der Waals surface area contributed by atoms with Crippen molar-refractivity contribution in [2.24, 2.45) is 0 Å². The molecule has 0 bridgehead atoms. The van der Waals surface area contributed by atoms with Gasteiger partial charge in [-0.05, 0) is 57.8 Å². The summed E-state index contributed by atoms with van der Waals surface area (Å²) in [7, 11) is 1.36. The molecule has 0 aromatic rings. The Balaban J connectivity index is 4.08. The molecular weight excluding hydrogens is 866 g/mol. The number of nitrogens with zero attached hydrogens (tertiary/aromatic N) is 1. The molecular formula is C59H110NO7P. The summed E-state index contributed by atoms with van der Waals surface area (Å²) in [6, 6.07) is 0. The Hall–Kier alpha value is -1.80. The van der Waals surface area contributed by atoms with Crippen molar-refractivity contribution in [3.05, 3.63) is 60.8 Å². The van der Waals surface area contributed by atoms with Crippen molar-refractivity contribution in [2.45, 2.75) is 258 Å². The molecule has 0 N–H and O–H groups in total. The first kappa shape index (κ1) is 66.2. The second-order valence-electron chi connectivity index (χ2n) is 20.3. The second kappa shape index (κ2) is 51.6. The summed E-state index contributed by atoms with van der Waals surface area (Å²) in [5.41, 5.74) is 0. The van der Waals surface area contributed by atoms with E-state index in [4.69, 9.17) is 18.5 Å². The fourth-order valence-electron chi connectivity index (χ4n) is 7.99. The van der Waals surface area contributed by atoms with Crippen LogP contribution < -0.4 is 4.89 Å². The van der Waals surface area contributed by atoms with Crippen LogP contribution in [-0.4, -0.2) is 70.7 Å². The molecule has 2 atom stereocenters. The molecule has 0 aromatic carbocycles. The lowest BCUT2D eigenvalue weighted by molar-refractivity contribution is -0.870. The van der Waals surface area contributed by atoms with Crippen LogP contribution in [0.5, 0.6) is 0 Å². The Labute approximate surface area is 421 Å². The van der Waals surface area contributed by atoms with Crippen molar-refractivity contribution in [3.8, 4) is 0 Å². The van der Waals surface area contributed by atoms with Gasteiger partial charge in [-0.3, -0.25) is 9.36 Å². The molecule has 0 radical (unpaired) electrons. The monoisotopic (exact) mass is 976 g/mol. The smallest absolute Gasteiger partial charge is 0.306 e. The van der Waals surface area contributed by atoms with Crippen molar-refractivity contribution < 1.29 is 37.3 Å². The van der Waals surface area contributed by atoms with Crippen LogP contribution in [0.3, 0.4) is 0 Å². The molecule has 398 valence electrons. The van der Waals surface area contributed by atoms with Gasteiger partial charge in [-0.25, -0.2) is 0 Å². The first-order valence-corrected chi connectivity index (χ1v) is 30.0. The summed E-state index contributed by atoms with van der Waals surface area (Å²) >= 11 is 0. The molecule has 0 spiro atoms. The molecule has 0 heterocycles. The Kier molecular flexibility index (Phi) is 50.2. The summed E-state index contributed by atoms with van der Waals surface area (Å²) in [6.45, 7) is 5.33. The van der Waals surface area contributed by atoms with Crippen LogP contribution in [0.25, 0.3) is 0 Å². The van der Waals surface area contributed by atoms with E-state index in [1.165, 1.54) is 167 Å². The number of allylic oxidation sites excluding steroid dienone is 10. The molecule has 0 rings (SSSR count). The summed E-state index contributed by atoms with van der Waals surface area (Å²) in [5, 5.41) is 0. The van der Waals surface area contributed by atoms with E-state index >= 15 is 0 Å². The lowest BCUT2D eigenvalue weighted by atomic mass is 10.0. The number of rotatable bonds is 53. The Bertz CT molecular complexity index is 1270. The number of quaternary nitrogens is 1. The normalized spacial score (nSPS) is 13.9. The molecule has 0 aliphatic heterocycles. The van der Waals surface area contributed by atoms with E-state index in [-0.39, 0.29) is 25.8 Å². The predicted molar refractivity (Wildman–Crippen MR) is 291 cm³/mol. The van der Waals surface area contributed by atoms with Crippen molar-refractivity contribution >= 4 is 13.8 Å². The van der Waals surface area contributed by atoms with Gasteiger partial charge in [0.15, 0.2) is 0 Å². The van der Waals surface area contributed by atoms with Crippen molar-refractivity contribution in [3.63, 3.8) is 0 Å². The zero-order valence-corrected chi connectivity index (χ0v) is 46.2. The van der Waals surface area contributed by atoms with E-state index < -0.39 is 13.9 Å². The number of carbonyl (C=O) groups excluding carboxylic acids is 1.